The van der Waals surface area contributed by atoms with Crippen molar-refractivity contribution in [1.29, 1.82) is 0 Å². The molecule has 3 aromatic carbocycles. The summed E-state index contributed by atoms with van der Waals surface area (Å²) in [6.45, 7) is 10.3. The molecule has 0 saturated heterocycles. The highest BCUT2D eigenvalue weighted by Gasteiger charge is 2.19. The van der Waals surface area contributed by atoms with Crippen molar-refractivity contribution in [3.63, 3.8) is 0 Å². The van der Waals surface area contributed by atoms with Crippen molar-refractivity contribution >= 4 is 33.5 Å². The van der Waals surface area contributed by atoms with Gasteiger partial charge in [0, 0.05) is 10.8 Å². The van der Waals surface area contributed by atoms with E-state index in [1.807, 2.05) is 36.5 Å². The molecule has 2 heterocycles. The van der Waals surface area contributed by atoms with E-state index in [0.29, 0.717) is 28.2 Å². The van der Waals surface area contributed by atoms with Gasteiger partial charge < -0.3 is 4.74 Å². The maximum absolute atomic E-state index is 14.7. The van der Waals surface area contributed by atoms with Gasteiger partial charge in [0.05, 0.1) is 11.7 Å². The van der Waals surface area contributed by atoms with Crippen molar-refractivity contribution in [2.45, 2.75) is 26.2 Å². The lowest BCUT2D eigenvalue weighted by atomic mass is 9.86. The minimum Gasteiger partial charge on any atom is -0.455 e. The number of aromatic nitrogens is 2. The highest BCUT2D eigenvalue weighted by atomic mass is 19.1. The zero-order valence-corrected chi connectivity index (χ0v) is 17.8. The van der Waals surface area contributed by atoms with Gasteiger partial charge in [-0.2, -0.15) is 0 Å². The monoisotopic (exact) mass is 410 g/mol. The van der Waals surface area contributed by atoms with Crippen LogP contribution in [0.1, 0.15) is 31.9 Å². The van der Waals surface area contributed by atoms with Crippen LogP contribution in [0.3, 0.4) is 0 Å². The van der Waals surface area contributed by atoms with Gasteiger partial charge in [0.15, 0.2) is 5.75 Å². The van der Waals surface area contributed by atoms with Crippen LogP contribution in [0.4, 0.5) is 4.39 Å². The van der Waals surface area contributed by atoms with Crippen molar-refractivity contribution in [1.82, 2.24) is 9.38 Å². The number of ether oxygens (including phenoxy) is 1. The van der Waals surface area contributed by atoms with Gasteiger partial charge >= 0.3 is 0 Å². The van der Waals surface area contributed by atoms with E-state index in [2.05, 4.69) is 45.5 Å². The average Bonchev–Trinajstić information content (AvgIpc) is 3.13. The third-order valence-corrected chi connectivity index (χ3v) is 5.64. The Balaban J connectivity index is 1.82. The van der Waals surface area contributed by atoms with E-state index in [1.54, 1.807) is 16.5 Å². The average molecular weight is 410 g/mol. The van der Waals surface area contributed by atoms with E-state index in [-0.39, 0.29) is 11.2 Å². The van der Waals surface area contributed by atoms with Gasteiger partial charge in [-0.05, 0) is 46.9 Å². The van der Waals surface area contributed by atoms with Crippen molar-refractivity contribution in [3.05, 3.63) is 90.4 Å². The molecule has 154 valence electrons. The van der Waals surface area contributed by atoms with Gasteiger partial charge in [-0.15, -0.1) is 0 Å². The fourth-order valence-corrected chi connectivity index (χ4v) is 3.90. The first-order chi connectivity index (χ1) is 14.8. The Hall–Kier alpha value is -3.66. The van der Waals surface area contributed by atoms with Crippen LogP contribution in [0, 0.1) is 5.82 Å². The first-order valence-electron chi connectivity index (χ1n) is 10.3. The predicted molar refractivity (Wildman–Crippen MR) is 125 cm³/mol. The van der Waals surface area contributed by atoms with E-state index < -0.39 is 0 Å². The number of fused-ring (bicyclic) bond motifs is 5. The van der Waals surface area contributed by atoms with Crippen LogP contribution in [-0.2, 0) is 5.41 Å². The number of benzene rings is 3. The quantitative estimate of drug-likeness (QED) is 0.308. The Kier molecular flexibility index (Phi) is 4.33. The first kappa shape index (κ1) is 19.3. The number of hydrogen-bond acceptors (Lipinski definition) is 2. The molecule has 31 heavy (non-hydrogen) atoms. The van der Waals surface area contributed by atoms with Crippen LogP contribution in [-0.4, -0.2) is 9.38 Å². The van der Waals surface area contributed by atoms with Crippen molar-refractivity contribution < 1.29 is 9.13 Å². The molecule has 0 saturated carbocycles. The standard InChI is InChI=1S/C27H23FN2O/c1-5-17-9-12-19(13-10-17)31-24-16-30-25-22(28)7-6-8-23(25)29-26(30)20-14-11-18(15-21(20)24)27(2,3)4/h5-16H,1H2,2-4H3. The van der Waals surface area contributed by atoms with Crippen molar-refractivity contribution in [2.75, 3.05) is 0 Å². The Bertz CT molecular complexity index is 1460. The highest BCUT2D eigenvalue weighted by Crippen LogP contribution is 2.37. The molecule has 0 bridgehead atoms. The van der Waals surface area contributed by atoms with Gasteiger partial charge in [0.25, 0.3) is 0 Å². The Morgan fingerprint density at radius 1 is 1.00 bits per heavy atom. The summed E-state index contributed by atoms with van der Waals surface area (Å²) in [5.74, 6) is 1.05. The summed E-state index contributed by atoms with van der Waals surface area (Å²) in [7, 11) is 0. The van der Waals surface area contributed by atoms with Gasteiger partial charge in [-0.1, -0.05) is 63.8 Å². The fourth-order valence-electron chi connectivity index (χ4n) is 3.90. The number of rotatable bonds is 3. The molecule has 3 nitrogen and oxygen atoms in total. The van der Waals surface area contributed by atoms with E-state index in [4.69, 9.17) is 9.72 Å². The number of hydrogen-bond donors (Lipinski definition) is 0. The largest absolute Gasteiger partial charge is 0.455 e. The number of imidazole rings is 1. The molecule has 5 aromatic rings. The van der Waals surface area contributed by atoms with E-state index >= 15 is 0 Å². The maximum Gasteiger partial charge on any atom is 0.152 e. The van der Waals surface area contributed by atoms with Crippen molar-refractivity contribution in [2.24, 2.45) is 0 Å². The summed E-state index contributed by atoms with van der Waals surface area (Å²) >= 11 is 0. The molecule has 4 heteroatoms. The summed E-state index contributed by atoms with van der Waals surface area (Å²) in [6.07, 6.45) is 3.63. The zero-order chi connectivity index (χ0) is 21.8. The number of pyridine rings is 1. The molecule has 0 fully saturated rings. The molecule has 0 unspecified atom stereocenters. The van der Waals surface area contributed by atoms with Crippen LogP contribution in [0.25, 0.3) is 33.5 Å². The third-order valence-electron chi connectivity index (χ3n) is 5.64. The highest BCUT2D eigenvalue weighted by molar-refractivity contribution is 6.01. The lowest BCUT2D eigenvalue weighted by Gasteiger charge is -2.20. The second-order valence-corrected chi connectivity index (χ2v) is 8.79. The van der Waals surface area contributed by atoms with Gasteiger partial charge in [0.2, 0.25) is 0 Å². The second-order valence-electron chi connectivity index (χ2n) is 8.79. The molecule has 0 aliphatic heterocycles. The zero-order valence-electron chi connectivity index (χ0n) is 17.8. The minimum atomic E-state index is -0.308. The van der Waals surface area contributed by atoms with Crippen LogP contribution >= 0.6 is 0 Å². The lowest BCUT2D eigenvalue weighted by molar-refractivity contribution is 0.485. The second kappa shape index (κ2) is 6.95. The fraction of sp³-hybridized carbons (Fsp3) is 0.148. The molecule has 0 aliphatic carbocycles. The first-order valence-corrected chi connectivity index (χ1v) is 10.3. The number of para-hydroxylation sites is 1. The van der Waals surface area contributed by atoms with Gasteiger partial charge in [-0.25, -0.2) is 9.37 Å². The topological polar surface area (TPSA) is 26.5 Å². The molecule has 0 spiro atoms. The summed E-state index contributed by atoms with van der Waals surface area (Å²) in [6, 6.07) is 19.0. The molecular weight excluding hydrogens is 387 g/mol. The van der Waals surface area contributed by atoms with Crippen LogP contribution in [0.15, 0.2) is 73.4 Å². The lowest BCUT2D eigenvalue weighted by Crippen LogP contribution is -2.10. The Morgan fingerprint density at radius 3 is 2.48 bits per heavy atom. The SMILES string of the molecule is C=Cc1ccc(Oc2cn3c(nc4cccc(F)c43)c3ccc(C(C)(C)C)cc23)cc1. The normalized spacial score (nSPS) is 12.0. The van der Waals surface area contributed by atoms with E-state index in [1.165, 1.54) is 11.6 Å². The minimum absolute atomic E-state index is 0.0184. The Morgan fingerprint density at radius 2 is 1.77 bits per heavy atom. The van der Waals surface area contributed by atoms with Gasteiger partial charge in [0.1, 0.15) is 22.7 Å². The molecule has 0 aliphatic rings. The summed E-state index contributed by atoms with van der Waals surface area (Å²) in [5, 5.41) is 1.87. The van der Waals surface area contributed by atoms with Crippen LogP contribution < -0.4 is 4.74 Å². The van der Waals surface area contributed by atoms with E-state index in [9.17, 15) is 4.39 Å². The predicted octanol–water partition coefficient (Wildman–Crippen LogP) is 7.51. The molecule has 0 atom stereocenters. The Labute approximate surface area is 180 Å². The number of halogens is 1. The molecular formula is C27H23FN2O. The molecule has 0 radical (unpaired) electrons. The van der Waals surface area contributed by atoms with Crippen LogP contribution in [0.5, 0.6) is 11.5 Å². The molecule has 5 rings (SSSR count). The van der Waals surface area contributed by atoms with E-state index in [0.717, 1.165) is 16.3 Å². The summed E-state index contributed by atoms with van der Waals surface area (Å²) in [4.78, 5) is 4.72. The summed E-state index contributed by atoms with van der Waals surface area (Å²) in [5.41, 5.74) is 3.98. The van der Waals surface area contributed by atoms with Crippen molar-refractivity contribution in [3.8, 4) is 11.5 Å². The van der Waals surface area contributed by atoms with Crippen LogP contribution in [0.2, 0.25) is 0 Å². The van der Waals surface area contributed by atoms with Gasteiger partial charge in [-0.3, -0.25) is 4.40 Å². The number of nitrogens with zero attached hydrogens (tertiary/aromatic N) is 2. The smallest absolute Gasteiger partial charge is 0.152 e. The maximum atomic E-state index is 14.7. The molecule has 0 amide bonds. The molecule has 0 N–H and O–H groups in total. The third kappa shape index (κ3) is 3.25. The molecule has 2 aromatic heterocycles. The summed E-state index contributed by atoms with van der Waals surface area (Å²) < 4.78 is 22.8.